The fraction of sp³-hybridized carbons (Fsp3) is 0.235. The highest BCUT2D eigenvalue weighted by molar-refractivity contribution is 6.30. The number of benzene rings is 1. The van der Waals surface area contributed by atoms with Crippen molar-refractivity contribution in [1.29, 1.82) is 0 Å². The van der Waals surface area contributed by atoms with E-state index < -0.39 is 11.9 Å². The Balaban J connectivity index is 1.93. The predicted molar refractivity (Wildman–Crippen MR) is 92.7 cm³/mol. The second kappa shape index (κ2) is 7.33. The molecule has 0 radical (unpaired) electrons. The first kappa shape index (κ1) is 18.2. The first-order valence-electron chi connectivity index (χ1n) is 7.83. The molecule has 2 heterocycles. The van der Waals surface area contributed by atoms with Crippen LogP contribution in [0.1, 0.15) is 18.3 Å². The van der Waals surface area contributed by atoms with Gasteiger partial charge in [-0.15, -0.1) is 0 Å². The van der Waals surface area contributed by atoms with Crippen LogP contribution >= 0.6 is 11.6 Å². The average Bonchev–Trinajstić information content (AvgIpc) is 3.07. The summed E-state index contributed by atoms with van der Waals surface area (Å²) in [6.07, 6.45) is -2.95. The second-order valence-corrected chi connectivity index (χ2v) is 5.89. The van der Waals surface area contributed by atoms with Gasteiger partial charge in [-0.1, -0.05) is 23.7 Å². The van der Waals surface area contributed by atoms with Gasteiger partial charge in [-0.2, -0.15) is 18.3 Å². The summed E-state index contributed by atoms with van der Waals surface area (Å²) in [5, 5.41) is 7.46. The van der Waals surface area contributed by atoms with E-state index in [0.29, 0.717) is 17.1 Å². The molecule has 3 aromatic rings. The van der Waals surface area contributed by atoms with Crippen LogP contribution in [0.4, 0.5) is 19.1 Å². The standard InChI is InChI=1S/C17H15ClF3N5/c1-2-26-13(7-8-23-26)10-22-16-24-14(9-15(25-16)17(19,20)21)11-3-5-12(18)6-4-11/h3-9H,2,10H2,1H3,(H,22,24,25). The molecule has 0 amide bonds. The SMILES string of the molecule is CCn1nccc1CNc1nc(-c2ccc(Cl)cc2)cc(C(F)(F)F)n1. The van der Waals surface area contributed by atoms with Gasteiger partial charge in [0.05, 0.1) is 17.9 Å². The number of aryl methyl sites for hydroxylation is 1. The molecule has 5 nitrogen and oxygen atoms in total. The summed E-state index contributed by atoms with van der Waals surface area (Å²) >= 11 is 5.84. The summed E-state index contributed by atoms with van der Waals surface area (Å²) in [6.45, 7) is 2.84. The predicted octanol–water partition coefficient (Wildman–Crippen LogP) is 4.64. The number of alkyl halides is 3. The van der Waals surface area contributed by atoms with Gasteiger partial charge in [0.15, 0.2) is 5.69 Å². The van der Waals surface area contributed by atoms with Crippen LogP contribution < -0.4 is 5.32 Å². The van der Waals surface area contributed by atoms with Crippen LogP contribution in [0.15, 0.2) is 42.6 Å². The van der Waals surface area contributed by atoms with Crippen molar-refractivity contribution in [2.45, 2.75) is 26.2 Å². The van der Waals surface area contributed by atoms with Gasteiger partial charge in [-0.05, 0) is 31.2 Å². The van der Waals surface area contributed by atoms with E-state index >= 15 is 0 Å². The minimum atomic E-state index is -4.58. The van der Waals surface area contributed by atoms with Crippen molar-refractivity contribution in [3.05, 3.63) is 59.0 Å². The summed E-state index contributed by atoms with van der Waals surface area (Å²) in [7, 11) is 0. The number of nitrogens with one attached hydrogen (secondary N) is 1. The Hall–Kier alpha value is -2.61. The Kier molecular flexibility index (Phi) is 5.13. The van der Waals surface area contributed by atoms with E-state index in [2.05, 4.69) is 20.4 Å². The summed E-state index contributed by atoms with van der Waals surface area (Å²) in [5.41, 5.74) is 0.491. The van der Waals surface area contributed by atoms with Gasteiger partial charge in [-0.3, -0.25) is 4.68 Å². The molecule has 3 rings (SSSR count). The van der Waals surface area contributed by atoms with Crippen molar-refractivity contribution in [2.75, 3.05) is 5.32 Å². The molecular weight excluding hydrogens is 367 g/mol. The average molecular weight is 382 g/mol. The third kappa shape index (κ3) is 4.13. The Bertz CT molecular complexity index is 890. The van der Waals surface area contributed by atoms with Crippen LogP contribution in [0.5, 0.6) is 0 Å². The smallest absolute Gasteiger partial charge is 0.349 e. The lowest BCUT2D eigenvalue weighted by molar-refractivity contribution is -0.141. The Morgan fingerprint density at radius 3 is 2.50 bits per heavy atom. The molecule has 26 heavy (non-hydrogen) atoms. The van der Waals surface area contributed by atoms with E-state index in [4.69, 9.17) is 11.6 Å². The monoisotopic (exact) mass is 381 g/mol. The normalized spacial score (nSPS) is 11.6. The second-order valence-electron chi connectivity index (χ2n) is 5.46. The summed E-state index contributed by atoms with van der Waals surface area (Å²) < 4.78 is 41.4. The molecule has 1 aromatic carbocycles. The van der Waals surface area contributed by atoms with Crippen molar-refractivity contribution >= 4 is 17.5 Å². The van der Waals surface area contributed by atoms with Crippen molar-refractivity contribution in [1.82, 2.24) is 19.7 Å². The maximum atomic E-state index is 13.2. The Morgan fingerprint density at radius 2 is 1.85 bits per heavy atom. The molecule has 0 spiro atoms. The lowest BCUT2D eigenvalue weighted by Crippen LogP contribution is -2.14. The zero-order chi connectivity index (χ0) is 18.7. The fourth-order valence-electron chi connectivity index (χ4n) is 2.40. The zero-order valence-corrected chi connectivity index (χ0v) is 14.5. The van der Waals surface area contributed by atoms with E-state index in [0.717, 1.165) is 11.8 Å². The number of hydrogen-bond acceptors (Lipinski definition) is 4. The van der Waals surface area contributed by atoms with Crippen molar-refractivity contribution < 1.29 is 13.2 Å². The maximum Gasteiger partial charge on any atom is 0.433 e. The van der Waals surface area contributed by atoms with Crippen molar-refractivity contribution in [3.8, 4) is 11.3 Å². The molecule has 136 valence electrons. The first-order valence-corrected chi connectivity index (χ1v) is 8.21. The van der Waals surface area contributed by atoms with Crippen molar-refractivity contribution in [2.24, 2.45) is 0 Å². The number of rotatable bonds is 5. The number of hydrogen-bond donors (Lipinski definition) is 1. The molecule has 0 atom stereocenters. The van der Waals surface area contributed by atoms with E-state index in [1.165, 1.54) is 0 Å². The highest BCUT2D eigenvalue weighted by atomic mass is 35.5. The summed E-state index contributed by atoms with van der Waals surface area (Å²) in [5.74, 6) is -0.103. The van der Waals surface area contributed by atoms with E-state index in [1.54, 1.807) is 41.2 Å². The van der Waals surface area contributed by atoms with E-state index in [-0.39, 0.29) is 18.2 Å². The quantitative estimate of drug-likeness (QED) is 0.699. The van der Waals surface area contributed by atoms with Crippen LogP contribution in [-0.2, 0) is 19.3 Å². The topological polar surface area (TPSA) is 55.6 Å². The third-order valence-corrected chi connectivity index (χ3v) is 3.94. The van der Waals surface area contributed by atoms with Gasteiger partial charge in [0.25, 0.3) is 0 Å². The lowest BCUT2D eigenvalue weighted by Gasteiger charge is -2.12. The van der Waals surface area contributed by atoms with Gasteiger partial charge < -0.3 is 5.32 Å². The van der Waals surface area contributed by atoms with Crippen LogP contribution in [0.25, 0.3) is 11.3 Å². The van der Waals surface area contributed by atoms with Crippen LogP contribution in [0.3, 0.4) is 0 Å². The molecule has 2 aromatic heterocycles. The molecule has 0 bridgehead atoms. The molecule has 0 fully saturated rings. The number of anilines is 1. The third-order valence-electron chi connectivity index (χ3n) is 3.69. The number of halogens is 4. The maximum absolute atomic E-state index is 13.2. The molecule has 0 aliphatic heterocycles. The molecule has 0 aliphatic rings. The van der Waals surface area contributed by atoms with Gasteiger partial charge >= 0.3 is 6.18 Å². The molecular formula is C17H15ClF3N5. The largest absolute Gasteiger partial charge is 0.433 e. The van der Waals surface area contributed by atoms with Gasteiger partial charge in [0.2, 0.25) is 5.95 Å². The highest BCUT2D eigenvalue weighted by Crippen LogP contribution is 2.31. The van der Waals surface area contributed by atoms with Gasteiger partial charge in [-0.25, -0.2) is 9.97 Å². The molecule has 0 unspecified atom stereocenters. The molecule has 1 N–H and O–H groups in total. The number of aromatic nitrogens is 4. The van der Waals surface area contributed by atoms with Crippen LogP contribution in [-0.4, -0.2) is 19.7 Å². The van der Waals surface area contributed by atoms with Gasteiger partial charge in [0.1, 0.15) is 0 Å². The van der Waals surface area contributed by atoms with E-state index in [9.17, 15) is 13.2 Å². The fourth-order valence-corrected chi connectivity index (χ4v) is 2.53. The summed E-state index contributed by atoms with van der Waals surface area (Å²) in [4.78, 5) is 7.81. The Labute approximate surface area is 152 Å². The van der Waals surface area contributed by atoms with Crippen molar-refractivity contribution in [3.63, 3.8) is 0 Å². The van der Waals surface area contributed by atoms with E-state index in [1.807, 2.05) is 6.92 Å². The molecule has 9 heteroatoms. The molecule has 0 aliphatic carbocycles. The molecule has 0 saturated heterocycles. The highest BCUT2D eigenvalue weighted by Gasteiger charge is 2.33. The Morgan fingerprint density at radius 1 is 1.12 bits per heavy atom. The molecule has 0 saturated carbocycles. The van der Waals surface area contributed by atoms with Crippen LogP contribution in [0.2, 0.25) is 5.02 Å². The first-order chi connectivity index (χ1) is 12.4. The number of nitrogens with zero attached hydrogens (tertiary/aromatic N) is 4. The summed E-state index contributed by atoms with van der Waals surface area (Å²) in [6, 6.07) is 9.12. The zero-order valence-electron chi connectivity index (χ0n) is 13.8. The van der Waals surface area contributed by atoms with Crippen LogP contribution in [0, 0.1) is 0 Å². The minimum Gasteiger partial charge on any atom is -0.349 e. The lowest BCUT2D eigenvalue weighted by atomic mass is 10.1. The van der Waals surface area contributed by atoms with Gasteiger partial charge in [0, 0.05) is 23.3 Å². The minimum absolute atomic E-state index is 0.103.